The molecule has 8 heteroatoms. The van der Waals surface area contributed by atoms with Crippen LogP contribution in [0.15, 0.2) is 6.20 Å². The van der Waals surface area contributed by atoms with Gasteiger partial charge in [0.2, 0.25) is 5.91 Å². The fourth-order valence-corrected chi connectivity index (χ4v) is 3.57. The molecule has 3 N–H and O–H groups in total. The lowest BCUT2D eigenvalue weighted by atomic mass is 10.1. The number of nitrogens with two attached hydrogens (primary N) is 1. The molecule has 1 aromatic heterocycles. The largest absolute Gasteiger partial charge is 0.394 e. The van der Waals surface area contributed by atoms with Gasteiger partial charge in [-0.15, -0.1) is 0 Å². The van der Waals surface area contributed by atoms with Crippen molar-refractivity contribution < 1.29 is 13.2 Å². The summed E-state index contributed by atoms with van der Waals surface area (Å²) in [6.45, 7) is 0. The van der Waals surface area contributed by atoms with Crippen molar-refractivity contribution in [1.82, 2.24) is 9.78 Å². The molecule has 17 heavy (non-hydrogen) atoms. The molecule has 0 bridgehead atoms. The van der Waals surface area contributed by atoms with Gasteiger partial charge in [0, 0.05) is 7.05 Å². The molecule has 1 fully saturated rings. The van der Waals surface area contributed by atoms with E-state index in [4.69, 9.17) is 5.73 Å². The molecule has 1 atom stereocenters. The number of nitrogens with zero attached hydrogens (tertiary/aromatic N) is 2. The first-order valence-corrected chi connectivity index (χ1v) is 7.00. The number of nitrogens with one attached hydrogen (secondary N) is 1. The van der Waals surface area contributed by atoms with Gasteiger partial charge in [-0.1, -0.05) is 0 Å². The van der Waals surface area contributed by atoms with E-state index in [0.29, 0.717) is 17.9 Å². The lowest BCUT2D eigenvalue weighted by molar-refractivity contribution is -0.119. The van der Waals surface area contributed by atoms with Crippen molar-refractivity contribution in [2.24, 2.45) is 13.0 Å². The molecule has 1 aliphatic heterocycles. The number of anilines is 2. The van der Waals surface area contributed by atoms with Gasteiger partial charge >= 0.3 is 0 Å². The Morgan fingerprint density at radius 2 is 2.35 bits per heavy atom. The Morgan fingerprint density at radius 1 is 1.65 bits per heavy atom. The molecule has 1 amide bonds. The van der Waals surface area contributed by atoms with Gasteiger partial charge in [-0.2, -0.15) is 5.10 Å². The van der Waals surface area contributed by atoms with Gasteiger partial charge in [-0.05, 0) is 6.42 Å². The fraction of sp³-hybridized carbons (Fsp3) is 0.556. The van der Waals surface area contributed by atoms with E-state index < -0.39 is 15.8 Å². The quantitative estimate of drug-likeness (QED) is 0.734. The summed E-state index contributed by atoms with van der Waals surface area (Å²) >= 11 is 0. The molecule has 0 radical (unpaired) electrons. The maximum atomic E-state index is 11.8. The van der Waals surface area contributed by atoms with Gasteiger partial charge in [0.05, 0.1) is 29.3 Å². The number of amides is 1. The first kappa shape index (κ1) is 11.9. The van der Waals surface area contributed by atoms with Gasteiger partial charge in [0.15, 0.2) is 15.7 Å². The average molecular weight is 258 g/mol. The minimum atomic E-state index is -3.05. The third-order valence-electron chi connectivity index (χ3n) is 2.81. The van der Waals surface area contributed by atoms with E-state index in [0.717, 1.165) is 0 Å². The zero-order valence-electron chi connectivity index (χ0n) is 9.38. The number of hydrogen-bond donors (Lipinski definition) is 2. The summed E-state index contributed by atoms with van der Waals surface area (Å²) in [6, 6.07) is 0. The van der Waals surface area contributed by atoms with Crippen molar-refractivity contribution in [2.75, 3.05) is 22.6 Å². The minimum absolute atomic E-state index is 0.0754. The number of aromatic nitrogens is 2. The third kappa shape index (κ3) is 2.41. The SMILES string of the molecule is Cn1ncc(N)c1NC(=O)C1CCS(=O)(=O)C1. The summed E-state index contributed by atoms with van der Waals surface area (Å²) < 4.78 is 24.0. The summed E-state index contributed by atoms with van der Waals surface area (Å²) in [5.41, 5.74) is 5.99. The molecule has 0 spiro atoms. The van der Waals surface area contributed by atoms with Gasteiger partial charge in [-0.3, -0.25) is 9.48 Å². The fourth-order valence-electron chi connectivity index (χ4n) is 1.83. The highest BCUT2D eigenvalue weighted by molar-refractivity contribution is 7.91. The normalized spacial score (nSPS) is 22.5. The van der Waals surface area contributed by atoms with E-state index in [1.807, 2.05) is 0 Å². The van der Waals surface area contributed by atoms with Crippen LogP contribution < -0.4 is 11.1 Å². The van der Waals surface area contributed by atoms with Crippen molar-refractivity contribution >= 4 is 27.2 Å². The predicted molar refractivity (Wildman–Crippen MR) is 63.0 cm³/mol. The number of rotatable bonds is 2. The molecule has 94 valence electrons. The van der Waals surface area contributed by atoms with Crippen LogP contribution >= 0.6 is 0 Å². The Kier molecular flexibility index (Phi) is 2.82. The number of hydrogen-bond acceptors (Lipinski definition) is 5. The molecule has 7 nitrogen and oxygen atoms in total. The highest BCUT2D eigenvalue weighted by Crippen LogP contribution is 2.22. The van der Waals surface area contributed by atoms with Crippen LogP contribution in [0.5, 0.6) is 0 Å². The Bertz CT molecular complexity index is 529. The summed E-state index contributed by atoms with van der Waals surface area (Å²) in [5.74, 6) is -0.419. The zero-order valence-corrected chi connectivity index (χ0v) is 10.2. The summed E-state index contributed by atoms with van der Waals surface area (Å²) in [5, 5.41) is 6.49. The Labute approximate surface area is 98.9 Å². The van der Waals surface area contributed by atoms with Crippen LogP contribution in [0.3, 0.4) is 0 Å². The highest BCUT2D eigenvalue weighted by Gasteiger charge is 2.33. The van der Waals surface area contributed by atoms with E-state index in [1.165, 1.54) is 10.9 Å². The molecule has 1 unspecified atom stereocenters. The first-order valence-electron chi connectivity index (χ1n) is 5.18. The van der Waals surface area contributed by atoms with Crippen LogP contribution in [0.25, 0.3) is 0 Å². The monoisotopic (exact) mass is 258 g/mol. The molecule has 2 rings (SSSR count). The second-order valence-electron chi connectivity index (χ2n) is 4.16. The minimum Gasteiger partial charge on any atom is -0.394 e. The molecule has 1 saturated heterocycles. The second-order valence-corrected chi connectivity index (χ2v) is 6.39. The second kappa shape index (κ2) is 4.02. The topological polar surface area (TPSA) is 107 Å². The molecular formula is C9H14N4O3S. The summed E-state index contributed by atoms with van der Waals surface area (Å²) in [6.07, 6.45) is 1.80. The molecule has 0 aliphatic carbocycles. The van der Waals surface area contributed by atoms with Gasteiger partial charge in [0.1, 0.15) is 0 Å². The lowest BCUT2D eigenvalue weighted by Gasteiger charge is -2.10. The van der Waals surface area contributed by atoms with Crippen LogP contribution in [-0.4, -0.2) is 35.6 Å². The number of carbonyl (C=O) groups is 1. The Balaban J connectivity index is 2.08. The maximum absolute atomic E-state index is 11.8. The number of nitrogen functional groups attached to an aromatic ring is 1. The highest BCUT2D eigenvalue weighted by atomic mass is 32.2. The third-order valence-corrected chi connectivity index (χ3v) is 4.58. The number of aryl methyl sites for hydroxylation is 1. The molecular weight excluding hydrogens is 244 g/mol. The van der Waals surface area contributed by atoms with E-state index in [-0.39, 0.29) is 17.4 Å². The van der Waals surface area contributed by atoms with E-state index in [1.54, 1.807) is 7.05 Å². The smallest absolute Gasteiger partial charge is 0.229 e. The lowest BCUT2D eigenvalue weighted by Crippen LogP contribution is -2.25. The van der Waals surface area contributed by atoms with Crippen LogP contribution in [-0.2, 0) is 21.7 Å². The van der Waals surface area contributed by atoms with Crippen LogP contribution in [0.4, 0.5) is 11.5 Å². The standard InChI is InChI=1S/C9H14N4O3S/c1-13-8(7(10)4-11-13)12-9(14)6-2-3-17(15,16)5-6/h4,6H,2-3,5,10H2,1H3,(H,12,14). The van der Waals surface area contributed by atoms with Crippen LogP contribution in [0, 0.1) is 5.92 Å². The molecule has 1 aliphatic rings. The summed E-state index contributed by atoms with van der Waals surface area (Å²) in [4.78, 5) is 11.8. The van der Waals surface area contributed by atoms with Crippen LogP contribution in [0.2, 0.25) is 0 Å². The van der Waals surface area contributed by atoms with Crippen LogP contribution in [0.1, 0.15) is 6.42 Å². The zero-order chi connectivity index (χ0) is 12.6. The average Bonchev–Trinajstić information content (AvgIpc) is 2.75. The van der Waals surface area contributed by atoms with Crippen molar-refractivity contribution in [2.45, 2.75) is 6.42 Å². The number of carbonyl (C=O) groups excluding carboxylic acids is 1. The predicted octanol–water partition coefficient (Wildman–Crippen LogP) is -0.624. The molecule has 2 heterocycles. The van der Waals surface area contributed by atoms with E-state index >= 15 is 0 Å². The Hall–Kier alpha value is -1.57. The van der Waals surface area contributed by atoms with Gasteiger partial charge in [0.25, 0.3) is 0 Å². The van der Waals surface area contributed by atoms with E-state index in [2.05, 4.69) is 10.4 Å². The van der Waals surface area contributed by atoms with Crippen molar-refractivity contribution in [3.05, 3.63) is 6.20 Å². The van der Waals surface area contributed by atoms with Crippen molar-refractivity contribution in [3.8, 4) is 0 Å². The first-order chi connectivity index (χ1) is 7.89. The maximum Gasteiger partial charge on any atom is 0.229 e. The number of sulfone groups is 1. The van der Waals surface area contributed by atoms with E-state index in [9.17, 15) is 13.2 Å². The molecule has 1 aromatic rings. The van der Waals surface area contributed by atoms with Gasteiger partial charge < -0.3 is 11.1 Å². The van der Waals surface area contributed by atoms with Crippen molar-refractivity contribution in [3.63, 3.8) is 0 Å². The molecule has 0 saturated carbocycles. The van der Waals surface area contributed by atoms with Gasteiger partial charge in [-0.25, -0.2) is 8.42 Å². The summed E-state index contributed by atoms with van der Waals surface area (Å²) in [7, 11) is -1.40. The Morgan fingerprint density at radius 3 is 2.82 bits per heavy atom. The molecule has 0 aromatic carbocycles. The van der Waals surface area contributed by atoms with Crippen molar-refractivity contribution in [1.29, 1.82) is 0 Å².